The molecule has 0 radical (unpaired) electrons. The summed E-state index contributed by atoms with van der Waals surface area (Å²) >= 11 is 0. The molecule has 3 aromatic heterocycles. The maximum Gasteiger partial charge on any atom is 0.276 e. The molecule has 0 atom stereocenters. The first-order chi connectivity index (χ1) is 18.6. The Kier molecular flexibility index (Phi) is 7.00. The molecule has 5 heterocycles. The zero-order valence-corrected chi connectivity index (χ0v) is 21.6. The third kappa shape index (κ3) is 5.38. The van der Waals surface area contributed by atoms with Crippen LogP contribution in [0.2, 0.25) is 0 Å². The second-order valence-corrected chi connectivity index (χ2v) is 9.95. The van der Waals surface area contributed by atoms with Crippen molar-refractivity contribution in [2.75, 3.05) is 69.7 Å². The first-order valence-corrected chi connectivity index (χ1v) is 13.1. The Balaban J connectivity index is 1.20. The number of pyridine rings is 2. The number of nitrogens with zero attached hydrogens (tertiary/aromatic N) is 6. The maximum atomic E-state index is 13.3. The number of benzene rings is 1. The number of hydrogen-bond donors (Lipinski definition) is 2. The van der Waals surface area contributed by atoms with Gasteiger partial charge in [-0.3, -0.25) is 19.8 Å². The van der Waals surface area contributed by atoms with Crippen molar-refractivity contribution in [3.63, 3.8) is 0 Å². The van der Waals surface area contributed by atoms with Crippen molar-refractivity contribution in [2.45, 2.75) is 6.54 Å². The molecular weight excluding hydrogens is 480 g/mol. The van der Waals surface area contributed by atoms with Crippen molar-refractivity contribution in [2.24, 2.45) is 0 Å². The second kappa shape index (κ2) is 10.9. The third-order valence-corrected chi connectivity index (χ3v) is 7.25. The van der Waals surface area contributed by atoms with Gasteiger partial charge < -0.3 is 19.9 Å². The number of nitrogens with one attached hydrogen (secondary N) is 2. The van der Waals surface area contributed by atoms with E-state index in [1.165, 1.54) is 0 Å². The minimum absolute atomic E-state index is 0.261. The Morgan fingerprint density at radius 3 is 2.68 bits per heavy atom. The number of ether oxygens (including phenoxy) is 1. The van der Waals surface area contributed by atoms with Crippen LogP contribution in [-0.4, -0.2) is 95.4 Å². The van der Waals surface area contributed by atoms with Gasteiger partial charge in [-0.15, -0.1) is 0 Å². The van der Waals surface area contributed by atoms with Crippen LogP contribution < -0.4 is 10.2 Å². The third-order valence-electron chi connectivity index (χ3n) is 7.25. The lowest BCUT2D eigenvalue weighted by Gasteiger charge is -2.33. The summed E-state index contributed by atoms with van der Waals surface area (Å²) in [7, 11) is 2.12. The summed E-state index contributed by atoms with van der Waals surface area (Å²) in [6.07, 6.45) is 5.51. The molecule has 2 saturated heterocycles. The van der Waals surface area contributed by atoms with E-state index in [2.05, 4.69) is 53.3 Å². The van der Waals surface area contributed by atoms with Gasteiger partial charge in [-0.2, -0.15) is 5.10 Å². The van der Waals surface area contributed by atoms with Crippen LogP contribution in [0.1, 0.15) is 16.1 Å². The van der Waals surface area contributed by atoms with Gasteiger partial charge in [0.1, 0.15) is 5.82 Å². The number of aromatic nitrogens is 4. The number of rotatable bonds is 6. The molecule has 10 nitrogen and oxygen atoms in total. The van der Waals surface area contributed by atoms with E-state index in [9.17, 15) is 4.79 Å². The fourth-order valence-electron chi connectivity index (χ4n) is 5.01. The Hall–Kier alpha value is -3.86. The molecule has 2 aliphatic rings. The van der Waals surface area contributed by atoms with E-state index in [0.29, 0.717) is 11.4 Å². The highest BCUT2D eigenvalue weighted by molar-refractivity contribution is 6.11. The molecule has 0 bridgehead atoms. The van der Waals surface area contributed by atoms with E-state index < -0.39 is 0 Å². The molecule has 196 valence electrons. The van der Waals surface area contributed by atoms with Gasteiger partial charge in [0, 0.05) is 87.1 Å². The SMILES string of the molecule is CN1CCN(c2cc(NC(=O)c3n[nH]c4ccc(-c5cncc(CN6CCOCC6)c5)cc34)ccn2)CC1. The molecular formula is C28H32N8O2. The molecule has 38 heavy (non-hydrogen) atoms. The highest BCUT2D eigenvalue weighted by atomic mass is 16.5. The number of piperazine rings is 1. The maximum absolute atomic E-state index is 13.3. The van der Waals surface area contributed by atoms with Crippen LogP contribution in [0, 0.1) is 0 Å². The standard InChI is InChI=1S/C28H32N8O2/c1-34-6-8-36(9-7-34)26-16-23(4-5-30-26)31-28(37)27-24-15-21(2-3-25(24)32-33-27)22-14-20(17-29-18-22)19-35-10-12-38-13-11-35/h2-5,14-18H,6-13,19H2,1H3,(H,32,33)(H,30,31,37). The molecule has 2 aliphatic heterocycles. The summed E-state index contributed by atoms with van der Waals surface area (Å²) in [5.41, 5.74) is 5.03. The average molecular weight is 513 g/mol. The fraction of sp³-hybridized carbons (Fsp3) is 0.357. The minimum Gasteiger partial charge on any atom is -0.379 e. The van der Waals surface area contributed by atoms with E-state index in [0.717, 1.165) is 92.4 Å². The zero-order valence-electron chi connectivity index (χ0n) is 21.6. The van der Waals surface area contributed by atoms with Crippen molar-refractivity contribution >= 4 is 28.3 Å². The van der Waals surface area contributed by atoms with Gasteiger partial charge in [0.2, 0.25) is 0 Å². The molecule has 6 rings (SSSR count). The summed E-state index contributed by atoms with van der Waals surface area (Å²) in [5, 5.41) is 11.1. The molecule has 10 heteroatoms. The molecule has 1 aromatic carbocycles. The summed E-state index contributed by atoms with van der Waals surface area (Å²) < 4.78 is 5.46. The normalized spacial score (nSPS) is 17.1. The Morgan fingerprint density at radius 1 is 1.00 bits per heavy atom. The summed E-state index contributed by atoms with van der Waals surface area (Å²) in [5.74, 6) is 0.609. The number of H-pyrrole nitrogens is 1. The van der Waals surface area contributed by atoms with Gasteiger partial charge in [-0.25, -0.2) is 4.98 Å². The van der Waals surface area contributed by atoms with Crippen molar-refractivity contribution in [1.82, 2.24) is 30.0 Å². The smallest absolute Gasteiger partial charge is 0.276 e. The van der Waals surface area contributed by atoms with Crippen LogP contribution in [-0.2, 0) is 11.3 Å². The highest BCUT2D eigenvalue weighted by Gasteiger charge is 2.19. The van der Waals surface area contributed by atoms with Crippen molar-refractivity contribution in [1.29, 1.82) is 0 Å². The average Bonchev–Trinajstić information content (AvgIpc) is 3.38. The molecule has 0 saturated carbocycles. The van der Waals surface area contributed by atoms with Crippen LogP contribution >= 0.6 is 0 Å². The Labute approximate surface area is 221 Å². The van der Waals surface area contributed by atoms with Gasteiger partial charge in [0.25, 0.3) is 5.91 Å². The topological polar surface area (TPSA) is 103 Å². The zero-order chi connectivity index (χ0) is 25.9. The summed E-state index contributed by atoms with van der Waals surface area (Å²) in [6, 6.07) is 11.9. The van der Waals surface area contributed by atoms with Gasteiger partial charge in [0.15, 0.2) is 5.69 Å². The largest absolute Gasteiger partial charge is 0.379 e. The van der Waals surface area contributed by atoms with E-state index in [1.54, 1.807) is 6.20 Å². The van der Waals surface area contributed by atoms with E-state index in [4.69, 9.17) is 4.74 Å². The van der Waals surface area contributed by atoms with Crippen LogP contribution in [0.15, 0.2) is 55.0 Å². The van der Waals surface area contributed by atoms with Crippen molar-refractivity contribution < 1.29 is 9.53 Å². The molecule has 0 unspecified atom stereocenters. The van der Waals surface area contributed by atoms with Crippen LogP contribution in [0.4, 0.5) is 11.5 Å². The predicted octanol–water partition coefficient (Wildman–Crippen LogP) is 2.86. The number of morpholine rings is 1. The molecule has 2 fully saturated rings. The number of anilines is 2. The first-order valence-electron chi connectivity index (χ1n) is 13.1. The monoisotopic (exact) mass is 512 g/mol. The minimum atomic E-state index is -0.261. The Morgan fingerprint density at radius 2 is 1.84 bits per heavy atom. The lowest BCUT2D eigenvalue weighted by atomic mass is 10.0. The number of aromatic amines is 1. The van der Waals surface area contributed by atoms with Crippen molar-refractivity contribution in [3.8, 4) is 11.1 Å². The van der Waals surface area contributed by atoms with Gasteiger partial charge in [0.05, 0.1) is 18.7 Å². The fourth-order valence-corrected chi connectivity index (χ4v) is 5.01. The second-order valence-electron chi connectivity index (χ2n) is 9.95. The number of likely N-dealkylation sites (N-methyl/N-ethyl adjacent to an activating group) is 1. The van der Waals surface area contributed by atoms with Gasteiger partial charge in [-0.1, -0.05) is 6.07 Å². The first kappa shape index (κ1) is 24.5. The van der Waals surface area contributed by atoms with Crippen LogP contribution in [0.5, 0.6) is 0 Å². The molecule has 4 aromatic rings. The highest BCUT2D eigenvalue weighted by Crippen LogP contribution is 2.27. The molecule has 2 N–H and O–H groups in total. The Bertz CT molecular complexity index is 1420. The number of carbonyl (C=O) groups excluding carboxylic acids is 1. The molecule has 0 spiro atoms. The lowest BCUT2D eigenvalue weighted by Crippen LogP contribution is -2.44. The number of amides is 1. The van der Waals surface area contributed by atoms with Crippen LogP contribution in [0.25, 0.3) is 22.0 Å². The van der Waals surface area contributed by atoms with Gasteiger partial charge >= 0.3 is 0 Å². The van der Waals surface area contributed by atoms with Crippen molar-refractivity contribution in [3.05, 3.63) is 66.2 Å². The number of fused-ring (bicyclic) bond motifs is 1. The molecule has 0 aliphatic carbocycles. The number of hydrogen-bond acceptors (Lipinski definition) is 8. The van der Waals surface area contributed by atoms with E-state index in [-0.39, 0.29) is 5.91 Å². The molecule has 1 amide bonds. The van der Waals surface area contributed by atoms with Gasteiger partial charge in [-0.05, 0) is 42.4 Å². The number of carbonyl (C=O) groups is 1. The quantitative estimate of drug-likeness (QED) is 0.407. The summed E-state index contributed by atoms with van der Waals surface area (Å²) in [4.78, 5) is 29.2. The van der Waals surface area contributed by atoms with E-state index >= 15 is 0 Å². The van der Waals surface area contributed by atoms with Crippen LogP contribution in [0.3, 0.4) is 0 Å². The lowest BCUT2D eigenvalue weighted by molar-refractivity contribution is 0.0341. The predicted molar refractivity (Wildman–Crippen MR) is 147 cm³/mol. The van der Waals surface area contributed by atoms with E-state index in [1.807, 2.05) is 42.7 Å². The summed E-state index contributed by atoms with van der Waals surface area (Å²) in [6.45, 7) is 8.05.